The van der Waals surface area contributed by atoms with E-state index in [9.17, 15) is 9.59 Å². The van der Waals surface area contributed by atoms with Gasteiger partial charge in [0.15, 0.2) is 0 Å². The highest BCUT2D eigenvalue weighted by Crippen LogP contribution is 2.29. The summed E-state index contributed by atoms with van der Waals surface area (Å²) in [4.78, 5) is 26.6. The van der Waals surface area contributed by atoms with E-state index in [0.29, 0.717) is 6.42 Å². The van der Waals surface area contributed by atoms with Gasteiger partial charge in [0.1, 0.15) is 0 Å². The molecule has 0 saturated heterocycles. The molecule has 120 valence electrons. The summed E-state index contributed by atoms with van der Waals surface area (Å²) in [7, 11) is 0. The topological polar surface area (TPSA) is 62.0 Å². The summed E-state index contributed by atoms with van der Waals surface area (Å²) in [5.74, 6) is 0.907. The van der Waals surface area contributed by atoms with E-state index in [4.69, 9.17) is 0 Å². The largest absolute Gasteiger partial charge is 0.349 e. The summed E-state index contributed by atoms with van der Waals surface area (Å²) < 4.78 is 0. The van der Waals surface area contributed by atoms with E-state index >= 15 is 0 Å². The minimum absolute atomic E-state index is 0.0528. The molecular formula is C18H26N2O2. The molecule has 1 fully saturated rings. The third-order valence-electron chi connectivity index (χ3n) is 5.17. The van der Waals surface area contributed by atoms with E-state index in [1.54, 1.807) is 6.07 Å². The zero-order valence-electron chi connectivity index (χ0n) is 13.2. The zero-order valence-corrected chi connectivity index (χ0v) is 13.2. The number of amides is 1. The van der Waals surface area contributed by atoms with Crippen LogP contribution in [0.5, 0.6) is 0 Å². The smallest absolute Gasteiger partial charge is 0.248 e. The van der Waals surface area contributed by atoms with Gasteiger partial charge in [-0.25, -0.2) is 0 Å². The van der Waals surface area contributed by atoms with E-state index in [1.807, 2.05) is 6.07 Å². The Morgan fingerprint density at radius 3 is 2.77 bits per heavy atom. The number of pyridine rings is 1. The van der Waals surface area contributed by atoms with Crippen LogP contribution in [0.3, 0.4) is 0 Å². The Morgan fingerprint density at radius 2 is 1.95 bits per heavy atom. The Bertz CT molecular complexity index is 573. The van der Waals surface area contributed by atoms with Gasteiger partial charge in [0.25, 0.3) is 0 Å². The number of carbonyl (C=O) groups is 1. The Hall–Kier alpha value is -1.58. The Balaban J connectivity index is 1.55. The van der Waals surface area contributed by atoms with Crippen molar-refractivity contribution in [3.63, 3.8) is 0 Å². The Labute approximate surface area is 131 Å². The molecule has 2 aliphatic carbocycles. The fraction of sp³-hybridized carbons (Fsp3) is 0.667. The maximum Gasteiger partial charge on any atom is 0.248 e. The maximum atomic E-state index is 12.2. The number of fused-ring (bicyclic) bond motifs is 1. The highest BCUT2D eigenvalue weighted by Gasteiger charge is 2.23. The maximum absolute atomic E-state index is 12.2. The molecule has 2 N–H and O–H groups in total. The summed E-state index contributed by atoms with van der Waals surface area (Å²) >= 11 is 0. The van der Waals surface area contributed by atoms with Gasteiger partial charge in [-0.15, -0.1) is 0 Å². The van der Waals surface area contributed by atoms with E-state index in [-0.39, 0.29) is 17.5 Å². The number of nitrogens with one attached hydrogen (secondary N) is 2. The number of carbonyl (C=O) groups excluding carboxylic acids is 1. The lowest BCUT2D eigenvalue weighted by molar-refractivity contribution is -0.122. The molecule has 0 spiro atoms. The molecule has 1 amide bonds. The van der Waals surface area contributed by atoms with E-state index in [0.717, 1.165) is 42.9 Å². The van der Waals surface area contributed by atoms with Gasteiger partial charge in [-0.2, -0.15) is 0 Å². The first kappa shape index (κ1) is 15.3. The predicted molar refractivity (Wildman–Crippen MR) is 86.7 cm³/mol. The average Bonchev–Trinajstić information content (AvgIpc) is 2.54. The van der Waals surface area contributed by atoms with Crippen molar-refractivity contribution < 1.29 is 4.79 Å². The highest BCUT2D eigenvalue weighted by atomic mass is 16.1. The van der Waals surface area contributed by atoms with E-state index < -0.39 is 0 Å². The van der Waals surface area contributed by atoms with Gasteiger partial charge in [-0.1, -0.05) is 32.1 Å². The molecule has 0 aromatic carbocycles. The molecule has 0 bridgehead atoms. The quantitative estimate of drug-likeness (QED) is 0.897. The van der Waals surface area contributed by atoms with Gasteiger partial charge in [0.2, 0.25) is 11.5 Å². The lowest BCUT2D eigenvalue weighted by Crippen LogP contribution is -2.32. The van der Waals surface area contributed by atoms with Crippen LogP contribution in [0.25, 0.3) is 0 Å². The molecule has 3 rings (SSSR count). The average molecular weight is 302 g/mol. The van der Waals surface area contributed by atoms with Gasteiger partial charge in [0, 0.05) is 18.2 Å². The first-order chi connectivity index (χ1) is 10.7. The fourth-order valence-electron chi connectivity index (χ4n) is 3.93. The van der Waals surface area contributed by atoms with Crippen LogP contribution >= 0.6 is 0 Å². The van der Waals surface area contributed by atoms with Crippen LogP contribution in [0.4, 0.5) is 0 Å². The summed E-state index contributed by atoms with van der Waals surface area (Å²) in [5.41, 5.74) is 2.04. The Kier molecular flexibility index (Phi) is 4.96. The Morgan fingerprint density at radius 1 is 1.14 bits per heavy atom. The fourth-order valence-corrected chi connectivity index (χ4v) is 3.93. The summed E-state index contributed by atoms with van der Waals surface area (Å²) in [6, 6.07) is 3.50. The summed E-state index contributed by atoms with van der Waals surface area (Å²) in [5, 5.41) is 3.17. The normalized spacial score (nSPS) is 22.1. The van der Waals surface area contributed by atoms with Crippen molar-refractivity contribution in [1.82, 2.24) is 10.3 Å². The first-order valence-electron chi connectivity index (χ1n) is 8.74. The van der Waals surface area contributed by atoms with Crippen LogP contribution in [0, 0.1) is 5.92 Å². The number of hydrogen-bond donors (Lipinski definition) is 2. The first-order valence-corrected chi connectivity index (χ1v) is 8.74. The summed E-state index contributed by atoms with van der Waals surface area (Å²) in [6.45, 7) is 0. The number of aromatic amines is 1. The minimum atomic E-state index is -0.0528. The van der Waals surface area contributed by atoms with Crippen LogP contribution in [-0.4, -0.2) is 10.9 Å². The van der Waals surface area contributed by atoms with Crippen molar-refractivity contribution in [3.05, 3.63) is 33.7 Å². The van der Waals surface area contributed by atoms with Crippen molar-refractivity contribution >= 4 is 5.91 Å². The summed E-state index contributed by atoms with van der Waals surface area (Å²) in [6.07, 6.45) is 11.2. The van der Waals surface area contributed by atoms with Crippen molar-refractivity contribution in [2.45, 2.75) is 70.3 Å². The molecule has 1 aromatic heterocycles. The van der Waals surface area contributed by atoms with Crippen molar-refractivity contribution in [1.29, 1.82) is 0 Å². The molecule has 0 aliphatic heterocycles. The number of hydrogen-bond acceptors (Lipinski definition) is 2. The molecule has 1 saturated carbocycles. The lowest BCUT2D eigenvalue weighted by atomic mass is 9.86. The third-order valence-corrected chi connectivity index (χ3v) is 5.17. The third kappa shape index (κ3) is 3.79. The van der Waals surface area contributed by atoms with Crippen molar-refractivity contribution in [3.8, 4) is 0 Å². The molecule has 0 unspecified atom stereocenters. The molecular weight excluding hydrogens is 276 g/mol. The van der Waals surface area contributed by atoms with Gasteiger partial charge in [-0.05, 0) is 43.2 Å². The molecule has 1 atom stereocenters. The molecule has 22 heavy (non-hydrogen) atoms. The predicted octanol–water partition coefficient (Wildman–Crippen LogP) is 3.23. The highest BCUT2D eigenvalue weighted by molar-refractivity contribution is 5.76. The van der Waals surface area contributed by atoms with E-state index in [1.165, 1.54) is 32.1 Å². The molecule has 1 heterocycles. The molecule has 4 heteroatoms. The van der Waals surface area contributed by atoms with Crippen LogP contribution in [0.1, 0.15) is 75.1 Å². The number of aryl methyl sites for hydroxylation is 1. The lowest BCUT2D eigenvalue weighted by Gasteiger charge is -2.26. The van der Waals surface area contributed by atoms with Crippen LogP contribution in [0.15, 0.2) is 16.9 Å². The minimum Gasteiger partial charge on any atom is -0.349 e. The molecule has 0 radical (unpaired) electrons. The van der Waals surface area contributed by atoms with E-state index in [2.05, 4.69) is 10.3 Å². The van der Waals surface area contributed by atoms with Gasteiger partial charge in [0.05, 0.1) is 6.04 Å². The van der Waals surface area contributed by atoms with Crippen LogP contribution in [0.2, 0.25) is 0 Å². The monoisotopic (exact) mass is 302 g/mol. The zero-order chi connectivity index (χ0) is 15.4. The van der Waals surface area contributed by atoms with Gasteiger partial charge < -0.3 is 10.3 Å². The second-order valence-electron chi connectivity index (χ2n) is 6.81. The van der Waals surface area contributed by atoms with Crippen LogP contribution < -0.4 is 10.9 Å². The van der Waals surface area contributed by atoms with Crippen molar-refractivity contribution in [2.75, 3.05) is 0 Å². The van der Waals surface area contributed by atoms with Gasteiger partial charge in [-0.3, -0.25) is 9.59 Å². The number of rotatable bonds is 4. The second-order valence-corrected chi connectivity index (χ2v) is 6.81. The standard InChI is InChI=1S/C18H26N2O2/c21-17(11-9-13-5-2-1-3-6-13)19-15-7-4-8-16-14(15)10-12-18(22)20-16/h10,12-13,15H,1-9,11H2,(H,19,21)(H,20,22)/t15-/m1/s1. The molecule has 2 aliphatic rings. The SMILES string of the molecule is O=C(CCC1CCCCC1)N[C@@H]1CCCc2[nH]c(=O)ccc21. The van der Waals surface area contributed by atoms with Crippen molar-refractivity contribution in [2.24, 2.45) is 5.92 Å². The van der Waals surface area contributed by atoms with Crippen LogP contribution in [-0.2, 0) is 11.2 Å². The number of H-pyrrole nitrogens is 1. The van der Waals surface area contributed by atoms with Gasteiger partial charge >= 0.3 is 0 Å². The molecule has 1 aromatic rings. The molecule has 4 nitrogen and oxygen atoms in total. The number of aromatic nitrogens is 1. The second kappa shape index (κ2) is 7.12.